The normalized spacial score (nSPS) is 14.3. The molecule has 236 valence electrons. The van der Waals surface area contributed by atoms with Crippen LogP contribution >= 0.6 is 0 Å². The molecular formula is C26H34N4O13. The van der Waals surface area contributed by atoms with E-state index in [1.54, 1.807) is 18.2 Å². The molecule has 0 spiro atoms. The van der Waals surface area contributed by atoms with Gasteiger partial charge in [-0.3, -0.25) is 33.7 Å². The van der Waals surface area contributed by atoms with E-state index in [-0.39, 0.29) is 11.3 Å². The number of esters is 1. The van der Waals surface area contributed by atoms with E-state index in [1.807, 2.05) is 0 Å². The summed E-state index contributed by atoms with van der Waals surface area (Å²) in [6.07, 6.45) is -3.80. The van der Waals surface area contributed by atoms with Gasteiger partial charge in [0, 0.05) is 6.42 Å². The number of carbonyl (C=O) groups excluding carboxylic acids is 4. The molecule has 9 N–H and O–H groups in total. The zero-order valence-electron chi connectivity index (χ0n) is 23.3. The molecule has 0 heterocycles. The fourth-order valence-corrected chi connectivity index (χ4v) is 3.81. The molecule has 0 saturated carbocycles. The summed E-state index contributed by atoms with van der Waals surface area (Å²) in [7, 11) is 0. The van der Waals surface area contributed by atoms with Crippen LogP contribution in [0.15, 0.2) is 30.3 Å². The Hall–Kier alpha value is -4.90. The molecule has 0 aliphatic rings. The highest BCUT2D eigenvalue weighted by Gasteiger charge is 2.60. The molecule has 1 rings (SSSR count). The molecule has 4 unspecified atom stereocenters. The first kappa shape index (κ1) is 36.1. The third-order valence-corrected chi connectivity index (χ3v) is 6.08. The van der Waals surface area contributed by atoms with Gasteiger partial charge in [0.2, 0.25) is 11.8 Å². The Bertz CT molecular complexity index is 1240. The summed E-state index contributed by atoms with van der Waals surface area (Å²) in [4.78, 5) is 100. The van der Waals surface area contributed by atoms with E-state index < -0.39 is 103 Å². The van der Waals surface area contributed by atoms with E-state index in [9.17, 15) is 48.6 Å². The summed E-state index contributed by atoms with van der Waals surface area (Å²) in [6.45, 7) is 2.05. The van der Waals surface area contributed by atoms with Gasteiger partial charge in [-0.15, -0.1) is 0 Å². The zero-order chi connectivity index (χ0) is 33.1. The van der Waals surface area contributed by atoms with Gasteiger partial charge in [0.25, 0.3) is 11.4 Å². The maximum absolute atomic E-state index is 13.9. The van der Waals surface area contributed by atoms with E-state index in [0.717, 1.165) is 0 Å². The van der Waals surface area contributed by atoms with Crippen LogP contribution in [0.2, 0.25) is 0 Å². The number of nitrogens with zero attached hydrogens (tertiary/aromatic N) is 1. The van der Waals surface area contributed by atoms with Crippen molar-refractivity contribution in [3.63, 3.8) is 0 Å². The van der Waals surface area contributed by atoms with Crippen LogP contribution in [0.4, 0.5) is 0 Å². The number of hydrogen-bond donors (Lipinski definition) is 7. The van der Waals surface area contributed by atoms with Crippen LogP contribution in [-0.4, -0.2) is 96.6 Å². The highest BCUT2D eigenvalue weighted by Crippen LogP contribution is 2.28. The van der Waals surface area contributed by atoms with E-state index in [2.05, 4.69) is 5.32 Å². The quantitative estimate of drug-likeness (QED) is 0.0781. The number of nitrogens with one attached hydrogen (secondary N) is 1. The van der Waals surface area contributed by atoms with Crippen LogP contribution in [0, 0.1) is 5.92 Å². The number of nitrogens with two attached hydrogens (primary N) is 2. The van der Waals surface area contributed by atoms with Crippen molar-refractivity contribution in [1.29, 1.82) is 0 Å². The fraction of sp³-hybridized carbons (Fsp3) is 0.462. The molecule has 17 heteroatoms. The maximum atomic E-state index is 13.9. The van der Waals surface area contributed by atoms with E-state index >= 15 is 0 Å². The van der Waals surface area contributed by atoms with Gasteiger partial charge in [0.15, 0.2) is 0 Å². The van der Waals surface area contributed by atoms with Gasteiger partial charge in [-0.1, -0.05) is 44.2 Å². The molecular weight excluding hydrogens is 576 g/mol. The number of amides is 3. The second-order valence-corrected chi connectivity index (χ2v) is 9.78. The number of benzene rings is 1. The Labute approximate surface area is 244 Å². The lowest BCUT2D eigenvalue weighted by atomic mass is 9.89. The van der Waals surface area contributed by atoms with Gasteiger partial charge < -0.3 is 41.9 Å². The Morgan fingerprint density at radius 2 is 1.44 bits per heavy atom. The molecule has 0 fully saturated rings. The van der Waals surface area contributed by atoms with Gasteiger partial charge in [-0.2, -0.15) is 0 Å². The van der Waals surface area contributed by atoms with Crippen molar-refractivity contribution in [2.75, 3.05) is 0 Å². The fourth-order valence-electron chi connectivity index (χ4n) is 3.81. The molecule has 0 aliphatic heterocycles. The van der Waals surface area contributed by atoms with Gasteiger partial charge >= 0.3 is 29.8 Å². The van der Waals surface area contributed by atoms with Crippen LogP contribution in [0.3, 0.4) is 0 Å². The van der Waals surface area contributed by atoms with Crippen molar-refractivity contribution in [1.82, 2.24) is 10.2 Å². The predicted molar refractivity (Wildman–Crippen MR) is 143 cm³/mol. The van der Waals surface area contributed by atoms with E-state index in [4.69, 9.17) is 26.4 Å². The number of hydrogen-bond acceptors (Lipinski definition) is 11. The van der Waals surface area contributed by atoms with Crippen molar-refractivity contribution in [2.45, 2.75) is 69.8 Å². The van der Waals surface area contributed by atoms with Crippen LogP contribution in [0.5, 0.6) is 0 Å². The lowest BCUT2D eigenvalue weighted by molar-refractivity contribution is -0.185. The Morgan fingerprint density at radius 1 is 0.860 bits per heavy atom. The summed E-state index contributed by atoms with van der Waals surface area (Å²) in [6, 6.07) is 2.16. The smallest absolute Gasteiger partial charge is 0.345 e. The Morgan fingerprint density at radius 3 is 1.91 bits per heavy atom. The van der Waals surface area contributed by atoms with Gasteiger partial charge in [0.05, 0.1) is 24.9 Å². The molecule has 0 aromatic heterocycles. The lowest BCUT2D eigenvalue weighted by Gasteiger charge is -2.39. The van der Waals surface area contributed by atoms with Crippen molar-refractivity contribution in [2.24, 2.45) is 17.4 Å². The Balaban J connectivity index is 3.77. The van der Waals surface area contributed by atoms with E-state index in [0.29, 0.717) is 5.56 Å². The number of carboxylic acids is 4. The van der Waals surface area contributed by atoms with Gasteiger partial charge in [0.1, 0.15) is 12.6 Å². The SMILES string of the molecule is CC(C)C(NC(=O)C(N)CCC(=O)O)C(=O)N(C(=O)C(N)CC(=O)O)C(CC(=O)O)(C(=O)O)C(=O)OCc1ccccc1. The van der Waals surface area contributed by atoms with Crippen LogP contribution in [0.25, 0.3) is 0 Å². The largest absolute Gasteiger partial charge is 0.481 e. The molecule has 43 heavy (non-hydrogen) atoms. The summed E-state index contributed by atoms with van der Waals surface area (Å²) >= 11 is 0. The molecule has 0 aliphatic carbocycles. The molecule has 3 amide bonds. The number of ether oxygens (including phenoxy) is 1. The Kier molecular flexibility index (Phi) is 13.4. The number of carbonyl (C=O) groups is 8. The standard InChI is InChI=1S/C26H34N4O13/c1-13(2)20(29-21(37)15(27)8-9-17(31)32)23(39)30(22(38)16(28)10-18(33)34)26(24(40)41,11-19(35)36)25(42)43-12-14-6-4-3-5-7-14/h3-7,13,15-16,20H,8-12,27-28H2,1-2H3,(H,29,37)(H,31,32)(H,33,34)(H,35,36)(H,40,41). The third-order valence-electron chi connectivity index (χ3n) is 6.08. The minimum absolute atomic E-state index is 0.294. The molecule has 0 bridgehead atoms. The molecule has 1 aromatic carbocycles. The highest BCUT2D eigenvalue weighted by atomic mass is 16.5. The predicted octanol–water partition coefficient (Wildman–Crippen LogP) is -1.48. The summed E-state index contributed by atoms with van der Waals surface area (Å²) in [5.41, 5.74) is 8.06. The summed E-state index contributed by atoms with van der Waals surface area (Å²) < 4.78 is 5.06. The second-order valence-electron chi connectivity index (χ2n) is 9.78. The molecule has 4 atom stereocenters. The number of imide groups is 1. The summed E-state index contributed by atoms with van der Waals surface area (Å²) in [5, 5.41) is 40.0. The summed E-state index contributed by atoms with van der Waals surface area (Å²) in [5.74, 6) is -14.6. The molecule has 17 nitrogen and oxygen atoms in total. The first-order valence-corrected chi connectivity index (χ1v) is 12.7. The number of rotatable bonds is 17. The zero-order valence-corrected chi connectivity index (χ0v) is 23.3. The third kappa shape index (κ3) is 9.86. The minimum atomic E-state index is -3.62. The van der Waals surface area contributed by atoms with Crippen LogP contribution in [-0.2, 0) is 49.7 Å². The maximum Gasteiger partial charge on any atom is 0.345 e. The van der Waals surface area contributed by atoms with Crippen LogP contribution < -0.4 is 16.8 Å². The topological polar surface area (TPSA) is 294 Å². The first-order valence-electron chi connectivity index (χ1n) is 12.7. The average molecular weight is 611 g/mol. The van der Waals surface area contributed by atoms with Gasteiger partial charge in [-0.05, 0) is 17.9 Å². The lowest BCUT2D eigenvalue weighted by Crippen LogP contribution is -2.70. The van der Waals surface area contributed by atoms with Crippen molar-refractivity contribution in [3.8, 4) is 0 Å². The molecule has 0 radical (unpaired) electrons. The minimum Gasteiger partial charge on any atom is -0.481 e. The molecule has 0 saturated heterocycles. The average Bonchev–Trinajstić information content (AvgIpc) is 2.91. The highest BCUT2D eigenvalue weighted by molar-refractivity contribution is 6.16. The van der Waals surface area contributed by atoms with Crippen molar-refractivity contribution < 1.29 is 63.5 Å². The monoisotopic (exact) mass is 610 g/mol. The first-order chi connectivity index (χ1) is 19.9. The number of aliphatic carboxylic acids is 4. The van der Waals surface area contributed by atoms with Crippen LogP contribution in [0.1, 0.15) is 45.1 Å². The number of carboxylic acid groups (broad SMARTS) is 4. The second kappa shape index (κ2) is 15.9. The van der Waals surface area contributed by atoms with Crippen molar-refractivity contribution >= 4 is 47.6 Å². The van der Waals surface area contributed by atoms with E-state index in [1.165, 1.54) is 26.0 Å². The van der Waals surface area contributed by atoms with Gasteiger partial charge in [-0.25, -0.2) is 9.59 Å². The molecule has 1 aromatic rings. The van der Waals surface area contributed by atoms with Crippen molar-refractivity contribution in [3.05, 3.63) is 35.9 Å².